The van der Waals surface area contributed by atoms with E-state index in [2.05, 4.69) is 5.32 Å². The quantitative estimate of drug-likeness (QED) is 0.516. The summed E-state index contributed by atoms with van der Waals surface area (Å²) >= 11 is 1.32. The van der Waals surface area contributed by atoms with Crippen molar-refractivity contribution in [1.82, 2.24) is 4.90 Å². The van der Waals surface area contributed by atoms with Crippen LogP contribution in [-0.2, 0) is 19.0 Å². The lowest BCUT2D eigenvalue weighted by Gasteiger charge is -2.20. The molecule has 0 aliphatic rings. The van der Waals surface area contributed by atoms with Crippen LogP contribution in [0.2, 0.25) is 0 Å². The van der Waals surface area contributed by atoms with Crippen LogP contribution >= 0.6 is 11.3 Å². The second-order valence-corrected chi connectivity index (χ2v) is 7.63. The lowest BCUT2D eigenvalue weighted by Crippen LogP contribution is -2.37. The van der Waals surface area contributed by atoms with Gasteiger partial charge in [0.15, 0.2) is 0 Å². The van der Waals surface area contributed by atoms with Gasteiger partial charge in [-0.05, 0) is 19.4 Å². The highest BCUT2D eigenvalue weighted by Gasteiger charge is 2.23. The Morgan fingerprint density at radius 1 is 1.07 bits per heavy atom. The number of aryl methyl sites for hydroxylation is 1. The number of thiophene rings is 1. The second-order valence-electron chi connectivity index (χ2n) is 6.75. The predicted molar refractivity (Wildman–Crippen MR) is 119 cm³/mol. The first-order valence-corrected chi connectivity index (χ1v) is 10.7. The smallest absolute Gasteiger partial charge is 0.341 e. The molecule has 0 saturated carbocycles. The minimum atomic E-state index is -0.444. The summed E-state index contributed by atoms with van der Waals surface area (Å²) in [6.45, 7) is 6.45. The number of ether oxygens (including phenoxy) is 3. The average molecular weight is 435 g/mol. The van der Waals surface area contributed by atoms with Gasteiger partial charge in [0.05, 0.1) is 26.4 Å². The van der Waals surface area contributed by atoms with Crippen molar-refractivity contribution in [2.24, 2.45) is 0 Å². The predicted octanol–water partition coefficient (Wildman–Crippen LogP) is 3.43. The van der Waals surface area contributed by atoms with Crippen LogP contribution in [0.5, 0.6) is 0 Å². The van der Waals surface area contributed by atoms with E-state index in [1.807, 2.05) is 41.5 Å². The summed E-state index contributed by atoms with van der Waals surface area (Å²) in [5.74, 6) is -0.648. The van der Waals surface area contributed by atoms with Gasteiger partial charge in [0.2, 0.25) is 5.91 Å². The molecule has 8 heteroatoms. The third-order valence-electron chi connectivity index (χ3n) is 4.48. The standard InChI is InChI=1S/C22H30N2O5S/c1-5-29-22(26)20-18(17-8-6-16(2)7-9-17)15-30-21(20)23-19(25)14-24(10-12-27-3)11-13-28-4/h6-9,15H,5,10-14H2,1-4H3,(H,23,25). The maximum Gasteiger partial charge on any atom is 0.341 e. The van der Waals surface area contributed by atoms with E-state index in [9.17, 15) is 9.59 Å². The Morgan fingerprint density at radius 2 is 1.70 bits per heavy atom. The van der Waals surface area contributed by atoms with E-state index in [1.165, 1.54) is 11.3 Å². The molecule has 0 fully saturated rings. The Labute approximate surface area is 181 Å². The highest BCUT2D eigenvalue weighted by molar-refractivity contribution is 7.15. The number of esters is 1. The zero-order valence-corrected chi connectivity index (χ0v) is 18.8. The van der Waals surface area contributed by atoms with Crippen LogP contribution in [0.15, 0.2) is 29.6 Å². The molecule has 0 aliphatic carbocycles. The van der Waals surface area contributed by atoms with Crippen molar-refractivity contribution < 1.29 is 23.8 Å². The van der Waals surface area contributed by atoms with Gasteiger partial charge in [0, 0.05) is 38.3 Å². The molecule has 2 rings (SSSR count). The molecule has 1 N–H and O–H groups in total. The number of rotatable bonds is 12. The first kappa shape index (κ1) is 24.0. The first-order chi connectivity index (χ1) is 14.5. The number of benzene rings is 1. The van der Waals surface area contributed by atoms with E-state index in [0.29, 0.717) is 36.9 Å². The Balaban J connectivity index is 2.22. The van der Waals surface area contributed by atoms with Gasteiger partial charge in [0.1, 0.15) is 10.6 Å². The van der Waals surface area contributed by atoms with Crippen LogP contribution in [-0.4, -0.2) is 70.5 Å². The van der Waals surface area contributed by atoms with Crippen molar-refractivity contribution in [1.29, 1.82) is 0 Å². The van der Waals surface area contributed by atoms with Gasteiger partial charge in [-0.25, -0.2) is 4.79 Å². The molecule has 0 saturated heterocycles. The minimum Gasteiger partial charge on any atom is -0.462 e. The summed E-state index contributed by atoms with van der Waals surface area (Å²) in [4.78, 5) is 27.3. The number of methoxy groups -OCH3 is 2. The molecule has 30 heavy (non-hydrogen) atoms. The van der Waals surface area contributed by atoms with Crippen LogP contribution in [0.25, 0.3) is 11.1 Å². The van der Waals surface area contributed by atoms with Crippen molar-refractivity contribution in [3.8, 4) is 11.1 Å². The third-order valence-corrected chi connectivity index (χ3v) is 5.37. The molecular weight excluding hydrogens is 404 g/mol. The van der Waals surface area contributed by atoms with Crippen LogP contribution < -0.4 is 5.32 Å². The molecule has 7 nitrogen and oxygen atoms in total. The Morgan fingerprint density at radius 3 is 2.27 bits per heavy atom. The summed E-state index contributed by atoms with van der Waals surface area (Å²) in [5.41, 5.74) is 3.18. The molecule has 0 spiro atoms. The van der Waals surface area contributed by atoms with Gasteiger partial charge in [-0.15, -0.1) is 11.3 Å². The molecule has 0 radical (unpaired) electrons. The lowest BCUT2D eigenvalue weighted by atomic mass is 10.0. The molecule has 0 atom stereocenters. The molecular formula is C22H30N2O5S. The molecule has 2 aromatic rings. The van der Waals surface area contributed by atoms with Crippen molar-refractivity contribution >= 4 is 28.2 Å². The van der Waals surface area contributed by atoms with Crippen molar-refractivity contribution in [3.63, 3.8) is 0 Å². The van der Waals surface area contributed by atoms with Crippen LogP contribution in [0.1, 0.15) is 22.8 Å². The molecule has 164 valence electrons. The largest absolute Gasteiger partial charge is 0.462 e. The minimum absolute atomic E-state index is 0.173. The Kier molecular flexibility index (Phi) is 9.96. The van der Waals surface area contributed by atoms with E-state index >= 15 is 0 Å². The number of nitrogens with zero attached hydrogens (tertiary/aromatic N) is 1. The van der Waals surface area contributed by atoms with Gasteiger partial charge in [-0.1, -0.05) is 29.8 Å². The number of anilines is 1. The zero-order chi connectivity index (χ0) is 21.9. The summed E-state index contributed by atoms with van der Waals surface area (Å²) in [6.07, 6.45) is 0. The number of carbonyl (C=O) groups excluding carboxylic acids is 2. The first-order valence-electron chi connectivity index (χ1n) is 9.85. The maximum absolute atomic E-state index is 12.7. The molecule has 1 amide bonds. The van der Waals surface area contributed by atoms with E-state index in [0.717, 1.165) is 16.7 Å². The summed E-state index contributed by atoms with van der Waals surface area (Å²) in [7, 11) is 3.25. The van der Waals surface area contributed by atoms with Crippen LogP contribution in [0.3, 0.4) is 0 Å². The molecule has 1 aromatic heterocycles. The fourth-order valence-electron chi connectivity index (χ4n) is 2.88. The number of hydrogen-bond acceptors (Lipinski definition) is 7. The van der Waals surface area contributed by atoms with E-state index in [-0.39, 0.29) is 19.1 Å². The van der Waals surface area contributed by atoms with Crippen molar-refractivity contribution in [2.75, 3.05) is 59.0 Å². The Hall–Kier alpha value is -2.26. The van der Waals surface area contributed by atoms with Crippen molar-refractivity contribution in [2.45, 2.75) is 13.8 Å². The summed E-state index contributed by atoms with van der Waals surface area (Å²) in [6, 6.07) is 7.90. The molecule has 1 heterocycles. The zero-order valence-electron chi connectivity index (χ0n) is 18.0. The SMILES string of the molecule is CCOC(=O)c1c(-c2ccc(C)cc2)csc1NC(=O)CN(CCOC)CCOC. The molecule has 0 aliphatic heterocycles. The van der Waals surface area contributed by atoms with E-state index in [1.54, 1.807) is 21.1 Å². The Bertz CT molecular complexity index is 811. The highest BCUT2D eigenvalue weighted by atomic mass is 32.1. The number of amides is 1. The summed E-state index contributed by atoms with van der Waals surface area (Å²) < 4.78 is 15.5. The highest BCUT2D eigenvalue weighted by Crippen LogP contribution is 2.36. The van der Waals surface area contributed by atoms with Crippen molar-refractivity contribution in [3.05, 3.63) is 40.8 Å². The lowest BCUT2D eigenvalue weighted by molar-refractivity contribution is -0.117. The maximum atomic E-state index is 12.7. The van der Waals surface area contributed by atoms with Gasteiger partial charge < -0.3 is 19.5 Å². The average Bonchev–Trinajstić information content (AvgIpc) is 3.14. The monoisotopic (exact) mass is 434 g/mol. The van der Waals surface area contributed by atoms with Crippen LogP contribution in [0, 0.1) is 6.92 Å². The van der Waals surface area contributed by atoms with Gasteiger partial charge in [0.25, 0.3) is 0 Å². The number of carbonyl (C=O) groups is 2. The van der Waals surface area contributed by atoms with Crippen LogP contribution in [0.4, 0.5) is 5.00 Å². The third kappa shape index (κ3) is 6.91. The van der Waals surface area contributed by atoms with E-state index in [4.69, 9.17) is 14.2 Å². The van der Waals surface area contributed by atoms with E-state index < -0.39 is 5.97 Å². The summed E-state index contributed by atoms with van der Waals surface area (Å²) in [5, 5.41) is 5.26. The fourth-order valence-corrected chi connectivity index (χ4v) is 3.85. The second kappa shape index (κ2) is 12.4. The fraction of sp³-hybridized carbons (Fsp3) is 0.455. The number of hydrogen-bond donors (Lipinski definition) is 1. The van der Waals surface area contributed by atoms with Gasteiger partial charge in [-0.2, -0.15) is 0 Å². The normalized spacial score (nSPS) is 11.0. The molecule has 0 bridgehead atoms. The van der Waals surface area contributed by atoms with Gasteiger partial charge in [-0.3, -0.25) is 9.69 Å². The molecule has 0 unspecified atom stereocenters. The topological polar surface area (TPSA) is 77.1 Å². The number of nitrogens with one attached hydrogen (secondary N) is 1. The molecule has 1 aromatic carbocycles. The van der Waals surface area contributed by atoms with Gasteiger partial charge >= 0.3 is 5.97 Å².